The summed E-state index contributed by atoms with van der Waals surface area (Å²) in [4.78, 5) is 48.9. The second-order valence-electron chi connectivity index (χ2n) is 9.85. The van der Waals surface area contributed by atoms with E-state index in [1.54, 1.807) is 30.3 Å². The number of benzene rings is 2. The lowest BCUT2D eigenvalue weighted by molar-refractivity contribution is -0.230. The number of likely N-dealkylation sites (tertiary alicyclic amines) is 1. The lowest BCUT2D eigenvalue weighted by atomic mass is 9.84. The van der Waals surface area contributed by atoms with Gasteiger partial charge in [0.1, 0.15) is 17.8 Å². The summed E-state index contributed by atoms with van der Waals surface area (Å²) >= 11 is 0. The van der Waals surface area contributed by atoms with Crippen molar-refractivity contribution in [3.63, 3.8) is 0 Å². The molecule has 0 aromatic heterocycles. The van der Waals surface area contributed by atoms with Crippen molar-refractivity contribution in [2.75, 3.05) is 13.1 Å². The van der Waals surface area contributed by atoms with Crippen molar-refractivity contribution >= 4 is 40.4 Å². The average Bonchev–Trinajstić information content (AvgIpc) is 3.47. The first-order valence-electron chi connectivity index (χ1n) is 12.1. The largest absolute Gasteiger partial charge is 0.506 e. The molecule has 4 aliphatic rings. The van der Waals surface area contributed by atoms with Gasteiger partial charge in [-0.05, 0) is 11.5 Å². The Labute approximate surface area is 215 Å². The molecule has 4 heterocycles. The van der Waals surface area contributed by atoms with Crippen molar-refractivity contribution in [1.82, 2.24) is 20.4 Å². The van der Waals surface area contributed by atoms with Gasteiger partial charge in [-0.25, -0.2) is 9.98 Å². The molecule has 0 radical (unpaired) electrons. The highest BCUT2D eigenvalue weighted by Crippen LogP contribution is 2.45. The second kappa shape index (κ2) is 8.03. The van der Waals surface area contributed by atoms with Crippen LogP contribution < -0.4 is 22.1 Å². The zero-order valence-electron chi connectivity index (χ0n) is 20.0. The highest BCUT2D eigenvalue weighted by atomic mass is 16.5. The Bertz CT molecular complexity index is 1440. The van der Waals surface area contributed by atoms with E-state index < -0.39 is 35.5 Å². The number of aliphatic hydroxyl groups is 2. The summed E-state index contributed by atoms with van der Waals surface area (Å²) in [6.45, 7) is -0.363. The van der Waals surface area contributed by atoms with Crippen molar-refractivity contribution in [1.29, 1.82) is 0 Å². The third-order valence-corrected chi connectivity index (χ3v) is 7.78. The molecule has 14 nitrogen and oxygen atoms in total. The molecule has 4 atom stereocenters. The Balaban J connectivity index is 1.32. The number of imide groups is 1. The minimum Gasteiger partial charge on any atom is -0.506 e. The first-order valence-corrected chi connectivity index (χ1v) is 12.1. The van der Waals surface area contributed by atoms with Crippen LogP contribution in [0, 0.1) is 0 Å². The van der Waals surface area contributed by atoms with Crippen LogP contribution in [0.15, 0.2) is 46.4 Å². The SMILES string of the molecule is NC1=N[C@H]2C(CN3C(=O)CCC3=O)N=C(N)N3CC(NC(=O)c4ccc5ccccc5c4O)C(O)(O)[C@]23N1. The number of phenols is 1. The maximum atomic E-state index is 13.2. The highest BCUT2D eigenvalue weighted by molar-refractivity contribution is 6.04. The first-order chi connectivity index (χ1) is 18.0. The fourth-order valence-corrected chi connectivity index (χ4v) is 5.92. The number of nitrogens with zero attached hydrogens (tertiary/aromatic N) is 4. The number of nitrogens with one attached hydrogen (secondary N) is 2. The van der Waals surface area contributed by atoms with E-state index in [0.29, 0.717) is 5.39 Å². The van der Waals surface area contributed by atoms with Crippen molar-refractivity contribution in [2.24, 2.45) is 21.5 Å². The monoisotopic (exact) mass is 522 g/mol. The number of hydrogen-bond donors (Lipinski definition) is 7. The quantitative estimate of drug-likeness (QED) is 0.165. The molecule has 2 unspecified atom stereocenters. The van der Waals surface area contributed by atoms with Gasteiger partial charge < -0.3 is 42.3 Å². The third-order valence-electron chi connectivity index (χ3n) is 7.78. The molecule has 2 aromatic carbocycles. The Morgan fingerprint density at radius 2 is 1.82 bits per heavy atom. The average molecular weight is 523 g/mol. The van der Waals surface area contributed by atoms with Gasteiger partial charge in [-0.1, -0.05) is 30.3 Å². The molecule has 198 valence electrons. The number of carbonyl (C=O) groups is 3. The molecule has 3 amide bonds. The summed E-state index contributed by atoms with van der Waals surface area (Å²) in [5.74, 6) is -4.67. The number of phenolic OH excluding ortho intramolecular Hbond substituents is 1. The highest BCUT2D eigenvalue weighted by Gasteiger charge is 2.73. The molecule has 38 heavy (non-hydrogen) atoms. The predicted octanol–water partition coefficient (Wildman–Crippen LogP) is -2.53. The number of carbonyl (C=O) groups excluding carboxylic acids is 3. The van der Waals surface area contributed by atoms with Gasteiger partial charge in [0, 0.05) is 24.8 Å². The maximum Gasteiger partial charge on any atom is 0.255 e. The normalized spacial score (nSPS) is 29.6. The van der Waals surface area contributed by atoms with Gasteiger partial charge in [-0.3, -0.25) is 19.3 Å². The minimum atomic E-state index is -2.71. The molecule has 4 aliphatic heterocycles. The number of nitrogens with two attached hydrogens (primary N) is 2. The third kappa shape index (κ3) is 3.16. The molecule has 2 aromatic rings. The van der Waals surface area contributed by atoms with Crippen LogP contribution in [0.1, 0.15) is 23.2 Å². The summed E-state index contributed by atoms with van der Waals surface area (Å²) < 4.78 is 0. The molecule has 2 fully saturated rings. The molecule has 1 spiro atoms. The number of aliphatic imine (C=N–C) groups is 2. The van der Waals surface area contributed by atoms with E-state index in [1.807, 2.05) is 0 Å². The predicted molar refractivity (Wildman–Crippen MR) is 133 cm³/mol. The number of guanidine groups is 2. The van der Waals surface area contributed by atoms with Gasteiger partial charge >= 0.3 is 0 Å². The summed E-state index contributed by atoms with van der Waals surface area (Å²) in [7, 11) is 0. The van der Waals surface area contributed by atoms with Gasteiger partial charge in [-0.2, -0.15) is 0 Å². The summed E-state index contributed by atoms with van der Waals surface area (Å²) in [6, 6.07) is 6.76. The van der Waals surface area contributed by atoms with Gasteiger partial charge in [-0.15, -0.1) is 0 Å². The van der Waals surface area contributed by atoms with Crippen molar-refractivity contribution in [2.45, 2.75) is 42.4 Å². The van der Waals surface area contributed by atoms with E-state index in [1.165, 1.54) is 11.0 Å². The van der Waals surface area contributed by atoms with Crippen molar-refractivity contribution in [3.05, 3.63) is 42.0 Å². The van der Waals surface area contributed by atoms with Gasteiger partial charge in [0.25, 0.3) is 5.91 Å². The smallest absolute Gasteiger partial charge is 0.255 e. The molecule has 6 rings (SSSR count). The zero-order valence-corrected chi connectivity index (χ0v) is 20.0. The lowest BCUT2D eigenvalue weighted by Crippen LogP contribution is -2.78. The van der Waals surface area contributed by atoms with Gasteiger partial charge in [0.2, 0.25) is 17.6 Å². The minimum absolute atomic E-state index is 0.0564. The first kappa shape index (κ1) is 23.9. The Morgan fingerprint density at radius 1 is 1.11 bits per heavy atom. The number of fused-ring (bicyclic) bond motifs is 1. The molecule has 9 N–H and O–H groups in total. The van der Waals surface area contributed by atoms with Crippen LogP contribution in [-0.4, -0.2) is 97.4 Å². The van der Waals surface area contributed by atoms with Crippen LogP contribution >= 0.6 is 0 Å². The Kier molecular flexibility index (Phi) is 5.06. The fourth-order valence-electron chi connectivity index (χ4n) is 5.92. The van der Waals surface area contributed by atoms with E-state index in [0.717, 1.165) is 10.3 Å². The number of aromatic hydroxyl groups is 1. The molecule has 2 saturated heterocycles. The number of amides is 3. The second-order valence-corrected chi connectivity index (χ2v) is 9.85. The topological polar surface area (TPSA) is 219 Å². The summed E-state index contributed by atoms with van der Waals surface area (Å²) in [5.41, 5.74) is 10.3. The van der Waals surface area contributed by atoms with Crippen LogP contribution in [0.4, 0.5) is 0 Å². The van der Waals surface area contributed by atoms with Crippen LogP contribution in [0.2, 0.25) is 0 Å². The molecular formula is C24H26N8O6. The zero-order chi connectivity index (χ0) is 27.0. The van der Waals surface area contributed by atoms with Crippen LogP contribution in [0.5, 0.6) is 5.75 Å². The molecular weight excluding hydrogens is 496 g/mol. The van der Waals surface area contributed by atoms with Crippen LogP contribution in [-0.2, 0) is 9.59 Å². The van der Waals surface area contributed by atoms with Crippen LogP contribution in [0.25, 0.3) is 10.8 Å². The van der Waals surface area contributed by atoms with E-state index in [4.69, 9.17) is 11.5 Å². The standard InChI is InChI=1S/C24H26N8O6/c25-21-29-19-14(9-31-16(33)7-8-17(31)34)27-22(26)32-10-15(24(37,38)23(19,32)30-21)28-20(36)13-6-5-11-3-1-2-4-12(11)18(13)35/h1-6,14-15,19,35,37-38H,7-10H2,(H2,26,27)(H,28,36)(H3,25,29,30)/t14?,15?,19-,23-/m0/s1. The van der Waals surface area contributed by atoms with E-state index in [2.05, 4.69) is 20.6 Å². The lowest BCUT2D eigenvalue weighted by Gasteiger charge is -2.49. The molecule has 14 heteroatoms. The summed E-state index contributed by atoms with van der Waals surface area (Å²) in [5, 5.41) is 40.4. The Morgan fingerprint density at radius 3 is 2.55 bits per heavy atom. The van der Waals surface area contributed by atoms with E-state index in [-0.39, 0.29) is 61.0 Å². The number of hydrogen-bond acceptors (Lipinski definition) is 12. The van der Waals surface area contributed by atoms with Crippen molar-refractivity contribution < 1.29 is 29.7 Å². The molecule has 0 aliphatic carbocycles. The molecule has 0 saturated carbocycles. The van der Waals surface area contributed by atoms with Crippen molar-refractivity contribution in [3.8, 4) is 5.75 Å². The van der Waals surface area contributed by atoms with Gasteiger partial charge in [0.15, 0.2) is 17.6 Å². The molecule has 0 bridgehead atoms. The van der Waals surface area contributed by atoms with E-state index >= 15 is 0 Å². The van der Waals surface area contributed by atoms with E-state index in [9.17, 15) is 29.7 Å². The summed E-state index contributed by atoms with van der Waals surface area (Å²) in [6.07, 6.45) is 0.159. The van der Waals surface area contributed by atoms with Gasteiger partial charge in [0.05, 0.1) is 18.2 Å². The Hall–Kier alpha value is -4.43. The van der Waals surface area contributed by atoms with Crippen LogP contribution in [0.3, 0.4) is 0 Å². The number of rotatable bonds is 4. The fraction of sp³-hybridized carbons (Fsp3) is 0.375. The maximum absolute atomic E-state index is 13.2.